The van der Waals surface area contributed by atoms with Crippen molar-refractivity contribution in [1.82, 2.24) is 5.32 Å². The molecule has 5 fully saturated rings. The second kappa shape index (κ2) is 9.29. The van der Waals surface area contributed by atoms with Gasteiger partial charge in [0.2, 0.25) is 0 Å². The number of hydrogen-bond acceptors (Lipinski definition) is 7. The lowest BCUT2D eigenvalue weighted by molar-refractivity contribution is -0.153. The first kappa shape index (κ1) is 23.8. The normalized spacial score (nSPS) is 43.9. The molecule has 4 saturated carbocycles. The van der Waals surface area contributed by atoms with Crippen LogP contribution in [0.2, 0.25) is 0 Å². The number of allylic oxidation sites excluding steroid dienone is 1. The van der Waals surface area contributed by atoms with Crippen molar-refractivity contribution in [3.63, 3.8) is 0 Å². The zero-order chi connectivity index (χ0) is 23.9. The van der Waals surface area contributed by atoms with Crippen LogP contribution in [0.3, 0.4) is 0 Å². The van der Waals surface area contributed by atoms with Crippen molar-refractivity contribution >= 4 is 17.4 Å². The standard InChI is InChI=1S/C27H41N3O4/c1-17-5-6-22-21-14-25(30-32-4)24-13-19(29-34-20-9-12-28-15-20)7-11-27(24,16-33-18(2)31)23(21)8-10-26(17,22)3/h20-24,28H,1,5-16H2,2-4H3/b29-19+,30-25+/t20?,21?,22?,23?,24?,26-,27+/m1/s1. The van der Waals surface area contributed by atoms with Crippen LogP contribution in [0.5, 0.6) is 0 Å². The van der Waals surface area contributed by atoms with E-state index in [4.69, 9.17) is 14.4 Å². The molecule has 4 aliphatic carbocycles. The van der Waals surface area contributed by atoms with Gasteiger partial charge in [0.1, 0.15) is 13.2 Å². The summed E-state index contributed by atoms with van der Waals surface area (Å²) in [5.41, 5.74) is 3.75. The Labute approximate surface area is 203 Å². The van der Waals surface area contributed by atoms with Crippen LogP contribution in [0.15, 0.2) is 22.5 Å². The Morgan fingerprint density at radius 1 is 1.15 bits per heavy atom. The Morgan fingerprint density at radius 2 is 2.00 bits per heavy atom. The second-order valence-electron chi connectivity index (χ2n) is 11.6. The molecule has 7 nitrogen and oxygen atoms in total. The van der Waals surface area contributed by atoms with Gasteiger partial charge in [-0.15, -0.1) is 0 Å². The molecule has 0 aromatic heterocycles. The highest BCUT2D eigenvalue weighted by molar-refractivity contribution is 5.95. The fraction of sp³-hybridized carbons (Fsp3) is 0.815. The minimum absolute atomic E-state index is 0.120. The molecule has 0 aromatic carbocycles. The van der Waals surface area contributed by atoms with Crippen molar-refractivity contribution < 1.29 is 19.2 Å². The van der Waals surface area contributed by atoms with Crippen LogP contribution in [0.1, 0.15) is 71.6 Å². The number of oxime groups is 2. The van der Waals surface area contributed by atoms with E-state index >= 15 is 0 Å². The number of rotatable bonds is 5. The SMILES string of the molecule is C=C1CCC2C3C/C(=N\OC)C4C/C(=N/OC5CCNC5)CC[C@]4(COC(C)=O)C3CC[C@]12C. The van der Waals surface area contributed by atoms with E-state index in [0.717, 1.165) is 69.5 Å². The summed E-state index contributed by atoms with van der Waals surface area (Å²) in [6.45, 7) is 10.7. The fourth-order valence-corrected chi connectivity index (χ4v) is 8.25. The van der Waals surface area contributed by atoms with E-state index in [1.165, 1.54) is 25.3 Å². The van der Waals surface area contributed by atoms with Gasteiger partial charge < -0.3 is 19.7 Å². The lowest BCUT2D eigenvalue weighted by Crippen LogP contribution is -2.59. The molecule has 5 rings (SSSR count). The van der Waals surface area contributed by atoms with Crippen LogP contribution in [0.4, 0.5) is 0 Å². The maximum absolute atomic E-state index is 12.0. The monoisotopic (exact) mass is 471 g/mol. The molecule has 0 spiro atoms. The summed E-state index contributed by atoms with van der Waals surface area (Å²) in [6.07, 6.45) is 9.44. The van der Waals surface area contributed by atoms with E-state index < -0.39 is 0 Å². The molecule has 0 radical (unpaired) electrons. The average molecular weight is 472 g/mol. The first-order valence-electron chi connectivity index (χ1n) is 13.2. The lowest BCUT2D eigenvalue weighted by atomic mass is 9.44. The molecule has 1 saturated heterocycles. The summed E-state index contributed by atoms with van der Waals surface area (Å²) >= 11 is 0. The predicted octanol–water partition coefficient (Wildman–Crippen LogP) is 4.48. The first-order valence-corrected chi connectivity index (χ1v) is 13.2. The lowest BCUT2D eigenvalue weighted by Gasteiger charge is -2.60. The van der Waals surface area contributed by atoms with Crippen molar-refractivity contribution in [2.24, 2.45) is 44.8 Å². The Morgan fingerprint density at radius 3 is 2.74 bits per heavy atom. The summed E-state index contributed by atoms with van der Waals surface area (Å²) in [5, 5.41) is 12.6. The van der Waals surface area contributed by atoms with Crippen molar-refractivity contribution in [3.8, 4) is 0 Å². The maximum atomic E-state index is 12.0. The molecule has 34 heavy (non-hydrogen) atoms. The van der Waals surface area contributed by atoms with Crippen LogP contribution >= 0.6 is 0 Å². The number of fused-ring (bicyclic) bond motifs is 5. The third kappa shape index (κ3) is 3.98. The Balaban J connectivity index is 1.47. The molecule has 0 amide bonds. The quantitative estimate of drug-likeness (QED) is 0.363. The van der Waals surface area contributed by atoms with Crippen LogP contribution in [-0.4, -0.2) is 50.3 Å². The number of ether oxygens (including phenoxy) is 1. The van der Waals surface area contributed by atoms with Gasteiger partial charge in [0.25, 0.3) is 0 Å². The topological polar surface area (TPSA) is 81.5 Å². The molecule has 1 aliphatic heterocycles. The van der Waals surface area contributed by atoms with Gasteiger partial charge in [0.05, 0.1) is 18.0 Å². The van der Waals surface area contributed by atoms with Crippen LogP contribution in [0, 0.1) is 34.5 Å². The predicted molar refractivity (Wildman–Crippen MR) is 131 cm³/mol. The third-order valence-corrected chi connectivity index (χ3v) is 10.1. The third-order valence-electron chi connectivity index (χ3n) is 10.1. The summed E-state index contributed by atoms with van der Waals surface area (Å²) < 4.78 is 5.82. The van der Waals surface area contributed by atoms with E-state index in [9.17, 15) is 4.79 Å². The molecule has 5 unspecified atom stereocenters. The van der Waals surface area contributed by atoms with E-state index in [1.807, 2.05) is 0 Å². The average Bonchev–Trinajstić information content (AvgIpc) is 3.45. The van der Waals surface area contributed by atoms with Crippen molar-refractivity contribution in [1.29, 1.82) is 0 Å². The molecule has 1 heterocycles. The summed E-state index contributed by atoms with van der Waals surface area (Å²) in [4.78, 5) is 23.3. The van der Waals surface area contributed by atoms with Gasteiger partial charge in [-0.05, 0) is 81.1 Å². The summed E-state index contributed by atoms with van der Waals surface area (Å²) in [5.74, 6) is 1.62. The van der Waals surface area contributed by atoms with E-state index in [2.05, 4.69) is 29.1 Å². The summed E-state index contributed by atoms with van der Waals surface area (Å²) in [7, 11) is 1.64. The van der Waals surface area contributed by atoms with Crippen molar-refractivity contribution in [2.75, 3.05) is 26.8 Å². The molecule has 188 valence electrons. The van der Waals surface area contributed by atoms with Gasteiger partial charge in [-0.1, -0.05) is 29.4 Å². The Bertz CT molecular complexity index is 879. The molecule has 7 atom stereocenters. The highest BCUT2D eigenvalue weighted by Gasteiger charge is 2.62. The van der Waals surface area contributed by atoms with E-state index in [0.29, 0.717) is 24.4 Å². The van der Waals surface area contributed by atoms with Gasteiger partial charge in [-0.3, -0.25) is 4.79 Å². The number of nitrogens with one attached hydrogen (secondary N) is 1. The molecule has 7 heteroatoms. The van der Waals surface area contributed by atoms with Crippen molar-refractivity contribution in [2.45, 2.75) is 77.7 Å². The first-order chi connectivity index (χ1) is 16.4. The molecule has 0 aromatic rings. The summed E-state index contributed by atoms with van der Waals surface area (Å²) in [6, 6.07) is 0. The number of hydrogen-bond donors (Lipinski definition) is 1. The zero-order valence-electron chi connectivity index (χ0n) is 21.1. The highest BCUT2D eigenvalue weighted by atomic mass is 16.6. The van der Waals surface area contributed by atoms with Gasteiger partial charge in [0, 0.05) is 31.2 Å². The van der Waals surface area contributed by atoms with Crippen LogP contribution in [0.25, 0.3) is 0 Å². The van der Waals surface area contributed by atoms with E-state index in [-0.39, 0.29) is 28.8 Å². The maximum Gasteiger partial charge on any atom is 0.302 e. The largest absolute Gasteiger partial charge is 0.465 e. The molecule has 0 bridgehead atoms. The number of carbonyl (C=O) groups is 1. The van der Waals surface area contributed by atoms with Gasteiger partial charge in [-0.25, -0.2) is 0 Å². The molecular formula is C27H41N3O4. The number of esters is 1. The number of nitrogens with zero attached hydrogens (tertiary/aromatic N) is 2. The Kier molecular flexibility index (Phi) is 6.51. The van der Waals surface area contributed by atoms with E-state index in [1.54, 1.807) is 7.11 Å². The van der Waals surface area contributed by atoms with Gasteiger partial charge in [-0.2, -0.15) is 0 Å². The minimum Gasteiger partial charge on any atom is -0.465 e. The molecule has 5 aliphatic rings. The zero-order valence-corrected chi connectivity index (χ0v) is 21.1. The fourth-order valence-electron chi connectivity index (χ4n) is 8.25. The molecule has 1 N–H and O–H groups in total. The molecular weight excluding hydrogens is 430 g/mol. The minimum atomic E-state index is -0.202. The second-order valence-corrected chi connectivity index (χ2v) is 11.6. The Hall–Kier alpha value is -1.89. The smallest absolute Gasteiger partial charge is 0.302 e. The van der Waals surface area contributed by atoms with Crippen LogP contribution in [-0.2, 0) is 19.2 Å². The number of carbonyl (C=O) groups excluding carboxylic acids is 1. The highest BCUT2D eigenvalue weighted by Crippen LogP contribution is 2.66. The van der Waals surface area contributed by atoms with Crippen LogP contribution < -0.4 is 5.32 Å². The van der Waals surface area contributed by atoms with Gasteiger partial charge in [0.15, 0.2) is 0 Å². The van der Waals surface area contributed by atoms with Crippen molar-refractivity contribution in [3.05, 3.63) is 12.2 Å². The van der Waals surface area contributed by atoms with Gasteiger partial charge >= 0.3 is 5.97 Å².